The summed E-state index contributed by atoms with van der Waals surface area (Å²) in [6.45, 7) is 8.58. The van der Waals surface area contributed by atoms with Crippen LogP contribution in [0.25, 0.3) is 0 Å². The highest BCUT2D eigenvalue weighted by molar-refractivity contribution is 4.88. The van der Waals surface area contributed by atoms with Gasteiger partial charge in [-0.2, -0.15) is 0 Å². The van der Waals surface area contributed by atoms with Gasteiger partial charge in [-0.25, -0.2) is 0 Å². The monoisotopic (exact) mass is 182 g/mol. The van der Waals surface area contributed by atoms with Gasteiger partial charge in [-0.05, 0) is 45.2 Å². The first-order chi connectivity index (χ1) is 6.29. The molecular formula is C11H22N2. The minimum Gasteiger partial charge on any atom is -0.315 e. The maximum atomic E-state index is 3.46. The summed E-state index contributed by atoms with van der Waals surface area (Å²) in [4.78, 5) is 2.73. The maximum Gasteiger partial charge on any atom is 0.0235 e. The van der Waals surface area contributed by atoms with E-state index in [1.165, 1.54) is 38.9 Å². The van der Waals surface area contributed by atoms with E-state index in [9.17, 15) is 0 Å². The molecule has 2 aliphatic heterocycles. The molecule has 2 saturated heterocycles. The molecule has 76 valence electrons. The molecule has 2 fully saturated rings. The first-order valence-electron chi connectivity index (χ1n) is 5.75. The van der Waals surface area contributed by atoms with Gasteiger partial charge in [-0.1, -0.05) is 6.92 Å². The average molecular weight is 182 g/mol. The molecule has 2 heteroatoms. The zero-order chi connectivity index (χ0) is 9.26. The van der Waals surface area contributed by atoms with Gasteiger partial charge < -0.3 is 5.32 Å². The summed E-state index contributed by atoms with van der Waals surface area (Å²) in [5, 5.41) is 3.46. The minimum atomic E-state index is 0.804. The molecule has 3 unspecified atom stereocenters. The van der Waals surface area contributed by atoms with Crippen molar-refractivity contribution < 1.29 is 0 Å². The molecular weight excluding hydrogens is 160 g/mol. The molecule has 2 aliphatic rings. The summed E-state index contributed by atoms with van der Waals surface area (Å²) in [6.07, 6.45) is 4.19. The van der Waals surface area contributed by atoms with Gasteiger partial charge >= 0.3 is 0 Å². The zero-order valence-corrected chi connectivity index (χ0v) is 8.92. The number of nitrogens with zero attached hydrogens (tertiary/aromatic N) is 1. The number of rotatable bonds is 1. The zero-order valence-electron chi connectivity index (χ0n) is 8.92. The van der Waals surface area contributed by atoms with Gasteiger partial charge in [0.1, 0.15) is 0 Å². The van der Waals surface area contributed by atoms with Crippen LogP contribution in [-0.2, 0) is 0 Å². The molecule has 13 heavy (non-hydrogen) atoms. The normalized spacial score (nSPS) is 42.5. The lowest BCUT2D eigenvalue weighted by atomic mass is 9.90. The Morgan fingerprint density at radius 2 is 2.08 bits per heavy atom. The molecule has 0 saturated carbocycles. The van der Waals surface area contributed by atoms with E-state index in [2.05, 4.69) is 24.1 Å². The van der Waals surface area contributed by atoms with Gasteiger partial charge in [0.05, 0.1) is 0 Å². The predicted octanol–water partition coefficient (Wildman–Crippen LogP) is 1.47. The van der Waals surface area contributed by atoms with E-state index in [4.69, 9.17) is 0 Å². The Hall–Kier alpha value is -0.0800. The van der Waals surface area contributed by atoms with Crippen LogP contribution in [0.2, 0.25) is 0 Å². The van der Waals surface area contributed by atoms with E-state index < -0.39 is 0 Å². The fourth-order valence-corrected chi connectivity index (χ4v) is 2.81. The summed E-state index contributed by atoms with van der Waals surface area (Å²) >= 11 is 0. The van der Waals surface area contributed by atoms with Crippen LogP contribution >= 0.6 is 0 Å². The number of hydrogen-bond acceptors (Lipinski definition) is 2. The van der Waals surface area contributed by atoms with E-state index in [0.717, 1.165) is 18.0 Å². The lowest BCUT2D eigenvalue weighted by molar-refractivity contribution is 0.0760. The molecule has 0 aromatic rings. The fraction of sp³-hybridized carbons (Fsp3) is 1.00. The minimum absolute atomic E-state index is 0.804. The Kier molecular flexibility index (Phi) is 2.89. The van der Waals surface area contributed by atoms with Gasteiger partial charge in [0.2, 0.25) is 0 Å². The highest BCUT2D eigenvalue weighted by Gasteiger charge is 2.31. The van der Waals surface area contributed by atoms with Crippen molar-refractivity contribution in [2.45, 2.75) is 45.2 Å². The average Bonchev–Trinajstić information content (AvgIpc) is 2.62. The van der Waals surface area contributed by atoms with Gasteiger partial charge in [0.25, 0.3) is 0 Å². The van der Waals surface area contributed by atoms with Crippen LogP contribution in [-0.4, -0.2) is 36.6 Å². The van der Waals surface area contributed by atoms with Gasteiger partial charge in [-0.3, -0.25) is 4.90 Å². The maximum absolute atomic E-state index is 3.46. The molecule has 0 aliphatic carbocycles. The molecule has 0 radical (unpaired) electrons. The Morgan fingerprint density at radius 1 is 1.23 bits per heavy atom. The highest BCUT2D eigenvalue weighted by Crippen LogP contribution is 2.26. The van der Waals surface area contributed by atoms with E-state index in [1.807, 2.05) is 0 Å². The summed E-state index contributed by atoms with van der Waals surface area (Å²) in [5.41, 5.74) is 0. The predicted molar refractivity (Wildman–Crippen MR) is 55.8 cm³/mol. The Balaban J connectivity index is 1.95. The van der Waals surface area contributed by atoms with Crippen molar-refractivity contribution in [3.8, 4) is 0 Å². The van der Waals surface area contributed by atoms with E-state index >= 15 is 0 Å². The summed E-state index contributed by atoms with van der Waals surface area (Å²) in [7, 11) is 0. The number of nitrogens with one attached hydrogen (secondary N) is 1. The van der Waals surface area contributed by atoms with E-state index in [1.54, 1.807) is 0 Å². The van der Waals surface area contributed by atoms with Gasteiger partial charge in [0.15, 0.2) is 0 Å². The topological polar surface area (TPSA) is 15.3 Å². The van der Waals surface area contributed by atoms with Crippen molar-refractivity contribution in [3.63, 3.8) is 0 Å². The number of piperidine rings is 1. The van der Waals surface area contributed by atoms with Crippen molar-refractivity contribution in [2.24, 2.45) is 5.92 Å². The molecule has 1 N–H and O–H groups in total. The summed E-state index contributed by atoms with van der Waals surface area (Å²) in [6, 6.07) is 1.64. The SMILES string of the molecule is CC1CCCN(C2CCNC2)C1C. The molecule has 2 nitrogen and oxygen atoms in total. The van der Waals surface area contributed by atoms with Gasteiger partial charge in [-0.15, -0.1) is 0 Å². The van der Waals surface area contributed by atoms with Crippen molar-refractivity contribution in [3.05, 3.63) is 0 Å². The molecule has 2 rings (SSSR count). The van der Waals surface area contributed by atoms with Crippen molar-refractivity contribution in [1.82, 2.24) is 10.2 Å². The Labute approximate surface area is 81.7 Å². The third kappa shape index (κ3) is 1.89. The van der Waals surface area contributed by atoms with Crippen LogP contribution in [0.4, 0.5) is 0 Å². The second kappa shape index (κ2) is 3.97. The van der Waals surface area contributed by atoms with Crippen LogP contribution in [0.1, 0.15) is 33.1 Å². The lowest BCUT2D eigenvalue weighted by Gasteiger charge is -2.41. The van der Waals surface area contributed by atoms with Crippen LogP contribution < -0.4 is 5.32 Å². The summed E-state index contributed by atoms with van der Waals surface area (Å²) < 4.78 is 0. The molecule has 0 aromatic heterocycles. The third-order valence-electron chi connectivity index (χ3n) is 3.93. The Morgan fingerprint density at radius 3 is 2.77 bits per heavy atom. The van der Waals surface area contributed by atoms with Crippen molar-refractivity contribution >= 4 is 0 Å². The second-order valence-corrected chi connectivity index (χ2v) is 4.74. The Bertz CT molecular complexity index is 161. The summed E-state index contributed by atoms with van der Waals surface area (Å²) in [5.74, 6) is 0.898. The number of hydrogen-bond donors (Lipinski definition) is 1. The smallest absolute Gasteiger partial charge is 0.0235 e. The van der Waals surface area contributed by atoms with Gasteiger partial charge in [0, 0.05) is 18.6 Å². The molecule has 0 spiro atoms. The fourth-order valence-electron chi connectivity index (χ4n) is 2.81. The van der Waals surface area contributed by atoms with Crippen LogP contribution in [0.15, 0.2) is 0 Å². The quantitative estimate of drug-likeness (QED) is 0.660. The molecule has 0 aromatic carbocycles. The van der Waals surface area contributed by atoms with Crippen molar-refractivity contribution in [1.29, 1.82) is 0 Å². The standard InChI is InChI=1S/C11H22N2/c1-9-4-3-7-13(10(9)2)11-5-6-12-8-11/h9-12H,3-8H2,1-2H3. The largest absolute Gasteiger partial charge is 0.315 e. The molecule has 3 atom stereocenters. The van der Waals surface area contributed by atoms with Crippen LogP contribution in [0, 0.1) is 5.92 Å². The highest BCUT2D eigenvalue weighted by atomic mass is 15.2. The van der Waals surface area contributed by atoms with Crippen LogP contribution in [0.3, 0.4) is 0 Å². The molecule has 0 amide bonds. The first-order valence-corrected chi connectivity index (χ1v) is 5.75. The third-order valence-corrected chi connectivity index (χ3v) is 3.93. The van der Waals surface area contributed by atoms with Crippen molar-refractivity contribution in [2.75, 3.05) is 19.6 Å². The first kappa shape index (κ1) is 9.47. The van der Waals surface area contributed by atoms with Crippen LogP contribution in [0.5, 0.6) is 0 Å². The second-order valence-electron chi connectivity index (χ2n) is 4.74. The number of likely N-dealkylation sites (tertiary alicyclic amines) is 1. The van der Waals surface area contributed by atoms with E-state index in [0.29, 0.717) is 0 Å². The molecule has 0 bridgehead atoms. The molecule has 2 heterocycles. The van der Waals surface area contributed by atoms with E-state index in [-0.39, 0.29) is 0 Å². The lowest BCUT2D eigenvalue weighted by Crippen LogP contribution is -2.49.